The van der Waals surface area contributed by atoms with Crippen molar-refractivity contribution in [2.24, 2.45) is 0 Å². The van der Waals surface area contributed by atoms with Crippen LogP contribution in [0.3, 0.4) is 0 Å². The molecule has 2 atom stereocenters. The lowest BCUT2D eigenvalue weighted by Crippen LogP contribution is -2.52. The number of amides is 2. The summed E-state index contributed by atoms with van der Waals surface area (Å²) in [6.45, 7) is 5.32. The van der Waals surface area contributed by atoms with Crippen LogP contribution < -0.4 is 5.32 Å². The number of hydrogen-bond donors (Lipinski definition) is 1. The van der Waals surface area contributed by atoms with Crippen LogP contribution in [-0.4, -0.2) is 40.8 Å². The number of likely N-dealkylation sites (tertiary alicyclic amines) is 1. The molecule has 1 N–H and O–H groups in total. The summed E-state index contributed by atoms with van der Waals surface area (Å²) in [4.78, 5) is 31.5. The molecule has 1 saturated heterocycles. The second kappa shape index (κ2) is 8.62. The SMILES string of the molecule is CCCC(=O)N1CCCC[C@H]1C(=O)NC[C@@H](C)c1nc2ccccc2s1. The lowest BCUT2D eigenvalue weighted by molar-refractivity contribution is -0.142. The summed E-state index contributed by atoms with van der Waals surface area (Å²) in [5, 5.41) is 4.09. The molecule has 1 aromatic carbocycles. The number of piperidine rings is 1. The van der Waals surface area contributed by atoms with Crippen LogP contribution in [-0.2, 0) is 9.59 Å². The number of nitrogens with zero attached hydrogens (tertiary/aromatic N) is 2. The molecule has 0 bridgehead atoms. The molecule has 2 aromatic rings. The highest BCUT2D eigenvalue weighted by atomic mass is 32.1. The second-order valence-corrected chi connectivity index (χ2v) is 8.08. The number of hydrogen-bond acceptors (Lipinski definition) is 4. The maximum absolute atomic E-state index is 12.7. The summed E-state index contributed by atoms with van der Waals surface area (Å²) < 4.78 is 1.17. The van der Waals surface area contributed by atoms with Gasteiger partial charge in [-0.05, 0) is 37.8 Å². The van der Waals surface area contributed by atoms with Gasteiger partial charge in [-0.1, -0.05) is 26.0 Å². The van der Waals surface area contributed by atoms with Gasteiger partial charge in [-0.25, -0.2) is 4.98 Å². The third-order valence-electron chi connectivity index (χ3n) is 4.90. The molecule has 0 saturated carbocycles. The monoisotopic (exact) mass is 373 g/mol. The van der Waals surface area contributed by atoms with Crippen molar-refractivity contribution in [3.63, 3.8) is 0 Å². The van der Waals surface area contributed by atoms with Crippen LogP contribution >= 0.6 is 11.3 Å². The first-order valence-electron chi connectivity index (χ1n) is 9.52. The summed E-state index contributed by atoms with van der Waals surface area (Å²) in [5.41, 5.74) is 1.01. The minimum Gasteiger partial charge on any atom is -0.354 e. The number of rotatable bonds is 6. The first-order valence-corrected chi connectivity index (χ1v) is 10.3. The molecule has 1 aliphatic heterocycles. The molecule has 1 aliphatic rings. The number of para-hydroxylation sites is 1. The van der Waals surface area contributed by atoms with E-state index in [0.29, 0.717) is 19.5 Å². The standard InChI is InChI=1S/C20H27N3O2S/c1-3-8-18(24)23-12-7-6-10-16(23)19(25)21-13-14(2)20-22-15-9-4-5-11-17(15)26-20/h4-5,9,11,14,16H,3,6-8,10,12-13H2,1-2H3,(H,21,25)/t14-,16+/m1/s1. The molecule has 6 heteroatoms. The Hall–Kier alpha value is -1.95. The number of aromatic nitrogens is 1. The zero-order valence-corrected chi connectivity index (χ0v) is 16.3. The predicted octanol–water partition coefficient (Wildman–Crippen LogP) is 3.70. The number of carbonyl (C=O) groups excluding carboxylic acids is 2. The summed E-state index contributed by atoms with van der Waals surface area (Å²) in [6.07, 6.45) is 4.09. The largest absolute Gasteiger partial charge is 0.354 e. The van der Waals surface area contributed by atoms with Gasteiger partial charge in [-0.2, -0.15) is 0 Å². The molecule has 5 nitrogen and oxygen atoms in total. The number of thiazole rings is 1. The van der Waals surface area contributed by atoms with Crippen molar-refractivity contribution in [2.75, 3.05) is 13.1 Å². The van der Waals surface area contributed by atoms with E-state index in [1.165, 1.54) is 4.70 Å². The maximum Gasteiger partial charge on any atom is 0.242 e. The average molecular weight is 374 g/mol. The maximum atomic E-state index is 12.7. The van der Waals surface area contributed by atoms with E-state index in [9.17, 15) is 9.59 Å². The van der Waals surface area contributed by atoms with E-state index in [2.05, 4.69) is 23.3 Å². The topological polar surface area (TPSA) is 62.3 Å². The minimum absolute atomic E-state index is 0.0258. The van der Waals surface area contributed by atoms with E-state index in [0.717, 1.165) is 36.2 Å². The smallest absolute Gasteiger partial charge is 0.242 e. The molecule has 2 amide bonds. The zero-order chi connectivity index (χ0) is 18.5. The fourth-order valence-corrected chi connectivity index (χ4v) is 4.44. The van der Waals surface area contributed by atoms with Gasteiger partial charge in [-0.15, -0.1) is 11.3 Å². The number of fused-ring (bicyclic) bond motifs is 1. The highest BCUT2D eigenvalue weighted by Gasteiger charge is 2.31. The Balaban J connectivity index is 1.60. The van der Waals surface area contributed by atoms with Crippen LogP contribution in [0.15, 0.2) is 24.3 Å². The fraction of sp³-hybridized carbons (Fsp3) is 0.550. The molecule has 3 rings (SSSR count). The van der Waals surface area contributed by atoms with Gasteiger partial charge in [0.2, 0.25) is 11.8 Å². The summed E-state index contributed by atoms with van der Waals surface area (Å²) in [5.74, 6) is 0.230. The molecule has 26 heavy (non-hydrogen) atoms. The molecule has 1 aromatic heterocycles. The van der Waals surface area contributed by atoms with Crippen molar-refractivity contribution < 1.29 is 9.59 Å². The van der Waals surface area contributed by atoms with Gasteiger partial charge in [0, 0.05) is 25.4 Å². The van der Waals surface area contributed by atoms with E-state index < -0.39 is 0 Å². The molecule has 0 radical (unpaired) electrons. The van der Waals surface area contributed by atoms with Crippen LogP contribution in [0, 0.1) is 0 Å². The lowest BCUT2D eigenvalue weighted by Gasteiger charge is -2.35. The molecule has 140 valence electrons. The van der Waals surface area contributed by atoms with Crippen molar-refractivity contribution in [1.29, 1.82) is 0 Å². The highest BCUT2D eigenvalue weighted by molar-refractivity contribution is 7.18. The van der Waals surface area contributed by atoms with Crippen molar-refractivity contribution in [2.45, 2.75) is 57.9 Å². The molecule has 2 heterocycles. The van der Waals surface area contributed by atoms with Crippen LogP contribution in [0.5, 0.6) is 0 Å². The third kappa shape index (κ3) is 4.23. The molecule has 0 unspecified atom stereocenters. The van der Waals surface area contributed by atoms with Crippen LogP contribution in [0.2, 0.25) is 0 Å². The highest BCUT2D eigenvalue weighted by Crippen LogP contribution is 2.27. The Kier molecular flexibility index (Phi) is 6.25. The van der Waals surface area contributed by atoms with Crippen LogP contribution in [0.1, 0.15) is 56.9 Å². The van der Waals surface area contributed by atoms with E-state index in [4.69, 9.17) is 0 Å². The summed E-state index contributed by atoms with van der Waals surface area (Å²) in [6, 6.07) is 7.77. The van der Waals surface area contributed by atoms with Gasteiger partial charge in [0.15, 0.2) is 0 Å². The average Bonchev–Trinajstić information content (AvgIpc) is 3.10. The quantitative estimate of drug-likeness (QED) is 0.840. The Morgan fingerprint density at radius 3 is 2.92 bits per heavy atom. The number of carbonyl (C=O) groups is 2. The molecular formula is C20H27N3O2S. The predicted molar refractivity (Wildman–Crippen MR) is 105 cm³/mol. The van der Waals surface area contributed by atoms with E-state index >= 15 is 0 Å². The van der Waals surface area contributed by atoms with Crippen LogP contribution in [0.4, 0.5) is 0 Å². The first kappa shape index (κ1) is 18.8. The van der Waals surface area contributed by atoms with Crippen molar-refractivity contribution in [3.05, 3.63) is 29.3 Å². The number of nitrogens with one attached hydrogen (secondary N) is 1. The molecule has 1 fully saturated rings. The lowest BCUT2D eigenvalue weighted by atomic mass is 10.0. The summed E-state index contributed by atoms with van der Waals surface area (Å²) in [7, 11) is 0. The Morgan fingerprint density at radius 2 is 2.15 bits per heavy atom. The van der Waals surface area contributed by atoms with E-state index in [1.54, 1.807) is 16.2 Å². The molecule has 0 spiro atoms. The molecule has 0 aliphatic carbocycles. The van der Waals surface area contributed by atoms with Crippen molar-refractivity contribution >= 4 is 33.4 Å². The van der Waals surface area contributed by atoms with Crippen molar-refractivity contribution in [3.8, 4) is 0 Å². The van der Waals surface area contributed by atoms with E-state index in [-0.39, 0.29) is 23.8 Å². The fourth-order valence-electron chi connectivity index (χ4n) is 3.42. The van der Waals surface area contributed by atoms with Gasteiger partial charge in [0.25, 0.3) is 0 Å². The van der Waals surface area contributed by atoms with Gasteiger partial charge in [0.1, 0.15) is 6.04 Å². The Morgan fingerprint density at radius 1 is 1.35 bits per heavy atom. The van der Waals surface area contributed by atoms with Gasteiger partial charge >= 0.3 is 0 Å². The second-order valence-electron chi connectivity index (χ2n) is 7.01. The Bertz CT molecular complexity index is 740. The van der Waals surface area contributed by atoms with Gasteiger partial charge < -0.3 is 10.2 Å². The van der Waals surface area contributed by atoms with E-state index in [1.807, 2.05) is 25.1 Å². The minimum atomic E-state index is -0.314. The number of benzene rings is 1. The zero-order valence-electron chi connectivity index (χ0n) is 15.5. The third-order valence-corrected chi connectivity index (χ3v) is 6.17. The van der Waals surface area contributed by atoms with Gasteiger partial charge in [0.05, 0.1) is 15.2 Å². The normalized spacial score (nSPS) is 18.7. The van der Waals surface area contributed by atoms with Gasteiger partial charge in [-0.3, -0.25) is 9.59 Å². The molecular weight excluding hydrogens is 346 g/mol. The Labute approximate surface area is 158 Å². The van der Waals surface area contributed by atoms with Crippen molar-refractivity contribution in [1.82, 2.24) is 15.2 Å². The first-order chi connectivity index (χ1) is 12.6. The summed E-state index contributed by atoms with van der Waals surface area (Å²) >= 11 is 1.68. The van der Waals surface area contributed by atoms with Crippen LogP contribution in [0.25, 0.3) is 10.2 Å².